The second-order valence-corrected chi connectivity index (χ2v) is 4.31. The van der Waals surface area contributed by atoms with E-state index in [9.17, 15) is 14.0 Å². The van der Waals surface area contributed by atoms with Crippen molar-refractivity contribution in [1.82, 2.24) is 0 Å². The highest BCUT2D eigenvalue weighted by atomic mass is 79.9. The van der Waals surface area contributed by atoms with Gasteiger partial charge in [0.2, 0.25) is 0 Å². The van der Waals surface area contributed by atoms with E-state index in [1.54, 1.807) is 6.07 Å². The van der Waals surface area contributed by atoms with E-state index in [0.29, 0.717) is 4.47 Å². The molecule has 0 radical (unpaired) electrons. The van der Waals surface area contributed by atoms with Gasteiger partial charge in [-0.05, 0) is 25.1 Å². The standard InChI is InChI=1S/C11H11BrFNO4/c1-6(11(14)16)18-10(15)5-17-9-3-2-7(12)4-8(9)13/h2-4,6H,5H2,1H3,(H2,14,16)/t6-/m1/s1. The molecule has 0 unspecified atom stereocenters. The molecule has 0 spiro atoms. The summed E-state index contributed by atoms with van der Waals surface area (Å²) in [6.07, 6.45) is -1.05. The van der Waals surface area contributed by atoms with Gasteiger partial charge in [0.05, 0.1) is 0 Å². The molecule has 0 aliphatic carbocycles. The normalized spacial score (nSPS) is 11.7. The van der Waals surface area contributed by atoms with Crippen LogP contribution in [0.5, 0.6) is 5.75 Å². The van der Waals surface area contributed by atoms with Gasteiger partial charge in [-0.3, -0.25) is 4.79 Å². The Morgan fingerprint density at radius 3 is 2.72 bits per heavy atom. The molecule has 0 heterocycles. The van der Waals surface area contributed by atoms with Crippen LogP contribution in [0.15, 0.2) is 22.7 Å². The van der Waals surface area contributed by atoms with E-state index in [-0.39, 0.29) is 5.75 Å². The van der Waals surface area contributed by atoms with Gasteiger partial charge in [0.15, 0.2) is 24.3 Å². The summed E-state index contributed by atoms with van der Waals surface area (Å²) in [5.74, 6) is -2.26. The van der Waals surface area contributed by atoms with Gasteiger partial charge in [0.25, 0.3) is 5.91 Å². The average molecular weight is 320 g/mol. The Balaban J connectivity index is 2.50. The van der Waals surface area contributed by atoms with Crippen molar-refractivity contribution in [3.05, 3.63) is 28.5 Å². The van der Waals surface area contributed by atoms with Crippen molar-refractivity contribution in [2.75, 3.05) is 6.61 Å². The third-order valence-corrected chi connectivity index (χ3v) is 2.44. The number of nitrogens with two attached hydrogens (primary N) is 1. The maximum atomic E-state index is 13.3. The Labute approximate surface area is 111 Å². The summed E-state index contributed by atoms with van der Waals surface area (Å²) in [4.78, 5) is 21.9. The lowest BCUT2D eigenvalue weighted by molar-refractivity contribution is -0.155. The molecule has 0 aromatic heterocycles. The molecular formula is C11H11BrFNO4. The molecule has 0 fully saturated rings. The first-order chi connectivity index (χ1) is 8.40. The maximum absolute atomic E-state index is 13.3. The van der Waals surface area contributed by atoms with Crippen LogP contribution in [0.25, 0.3) is 0 Å². The molecule has 2 N–H and O–H groups in total. The van der Waals surface area contributed by atoms with Crippen molar-refractivity contribution >= 4 is 27.8 Å². The lowest BCUT2D eigenvalue weighted by Crippen LogP contribution is -2.32. The number of hydrogen-bond acceptors (Lipinski definition) is 4. The topological polar surface area (TPSA) is 78.6 Å². The average Bonchev–Trinajstić information content (AvgIpc) is 2.27. The van der Waals surface area contributed by atoms with Gasteiger partial charge in [-0.15, -0.1) is 0 Å². The fraction of sp³-hybridized carbons (Fsp3) is 0.273. The predicted octanol–water partition coefficient (Wildman–Crippen LogP) is 1.38. The number of ether oxygens (including phenoxy) is 2. The van der Waals surface area contributed by atoms with Crippen LogP contribution in [0.4, 0.5) is 4.39 Å². The summed E-state index contributed by atoms with van der Waals surface area (Å²) in [6.45, 7) is 0.830. The van der Waals surface area contributed by atoms with Gasteiger partial charge < -0.3 is 15.2 Å². The molecule has 1 aromatic rings. The van der Waals surface area contributed by atoms with E-state index in [2.05, 4.69) is 20.7 Å². The van der Waals surface area contributed by atoms with Crippen LogP contribution in [-0.2, 0) is 14.3 Å². The minimum Gasteiger partial charge on any atom is -0.479 e. The highest BCUT2D eigenvalue weighted by Crippen LogP contribution is 2.21. The first kappa shape index (κ1) is 14.4. The Morgan fingerprint density at radius 1 is 1.50 bits per heavy atom. The molecule has 98 valence electrons. The van der Waals surface area contributed by atoms with Gasteiger partial charge >= 0.3 is 5.97 Å². The van der Waals surface area contributed by atoms with Crippen LogP contribution < -0.4 is 10.5 Å². The molecule has 0 bridgehead atoms. The molecule has 0 aliphatic heterocycles. The molecule has 0 saturated heterocycles. The molecule has 1 aromatic carbocycles. The molecule has 7 heteroatoms. The number of primary amides is 1. The summed E-state index contributed by atoms with van der Waals surface area (Å²) in [6, 6.07) is 4.13. The van der Waals surface area contributed by atoms with Gasteiger partial charge in [-0.25, -0.2) is 9.18 Å². The maximum Gasteiger partial charge on any atom is 0.344 e. The second-order valence-electron chi connectivity index (χ2n) is 3.40. The number of esters is 1. The van der Waals surface area contributed by atoms with Crippen LogP contribution in [0.3, 0.4) is 0 Å². The summed E-state index contributed by atoms with van der Waals surface area (Å²) in [7, 11) is 0. The third-order valence-electron chi connectivity index (χ3n) is 1.95. The van der Waals surface area contributed by atoms with Crippen LogP contribution in [0, 0.1) is 5.82 Å². The zero-order chi connectivity index (χ0) is 13.7. The minimum atomic E-state index is -1.05. The number of carbonyl (C=O) groups is 2. The van der Waals surface area contributed by atoms with E-state index in [1.165, 1.54) is 19.1 Å². The fourth-order valence-corrected chi connectivity index (χ4v) is 1.35. The Bertz CT molecular complexity index is 466. The van der Waals surface area contributed by atoms with E-state index < -0.39 is 30.4 Å². The van der Waals surface area contributed by atoms with Crippen LogP contribution in [0.1, 0.15) is 6.92 Å². The lowest BCUT2D eigenvalue weighted by atomic mass is 10.3. The molecular weight excluding hydrogens is 309 g/mol. The zero-order valence-electron chi connectivity index (χ0n) is 9.48. The van der Waals surface area contributed by atoms with E-state index >= 15 is 0 Å². The zero-order valence-corrected chi connectivity index (χ0v) is 11.1. The summed E-state index contributed by atoms with van der Waals surface area (Å²) in [5.41, 5.74) is 4.91. The van der Waals surface area contributed by atoms with Crippen molar-refractivity contribution in [3.63, 3.8) is 0 Å². The van der Waals surface area contributed by atoms with Crippen LogP contribution in [-0.4, -0.2) is 24.6 Å². The Kier molecular flexibility index (Phi) is 5.08. The number of benzene rings is 1. The number of carbonyl (C=O) groups excluding carboxylic acids is 2. The summed E-state index contributed by atoms with van der Waals surface area (Å²) < 4.78 is 23.4. The van der Waals surface area contributed by atoms with Gasteiger partial charge in [0.1, 0.15) is 0 Å². The van der Waals surface area contributed by atoms with Crippen molar-refractivity contribution in [3.8, 4) is 5.75 Å². The Morgan fingerprint density at radius 2 is 2.17 bits per heavy atom. The first-order valence-corrected chi connectivity index (χ1v) is 5.76. The van der Waals surface area contributed by atoms with Crippen LogP contribution >= 0.6 is 15.9 Å². The molecule has 0 saturated carbocycles. The van der Waals surface area contributed by atoms with E-state index in [0.717, 1.165) is 0 Å². The smallest absolute Gasteiger partial charge is 0.344 e. The highest BCUT2D eigenvalue weighted by Gasteiger charge is 2.15. The van der Waals surface area contributed by atoms with E-state index in [1.807, 2.05) is 0 Å². The molecule has 1 atom stereocenters. The van der Waals surface area contributed by atoms with Crippen molar-refractivity contribution in [2.24, 2.45) is 5.73 Å². The molecule has 1 amide bonds. The number of rotatable bonds is 5. The lowest BCUT2D eigenvalue weighted by Gasteiger charge is -2.10. The monoisotopic (exact) mass is 319 g/mol. The predicted molar refractivity (Wildman–Crippen MR) is 64.3 cm³/mol. The fourth-order valence-electron chi connectivity index (χ4n) is 1.02. The third kappa shape index (κ3) is 4.33. The quantitative estimate of drug-likeness (QED) is 0.832. The SMILES string of the molecule is C[C@@H](OC(=O)COc1ccc(Br)cc1F)C(N)=O. The van der Waals surface area contributed by atoms with Gasteiger partial charge in [-0.2, -0.15) is 0 Å². The molecule has 5 nitrogen and oxygen atoms in total. The van der Waals surface area contributed by atoms with Crippen LogP contribution in [0.2, 0.25) is 0 Å². The number of amides is 1. The molecule has 18 heavy (non-hydrogen) atoms. The Hall–Kier alpha value is -1.63. The first-order valence-electron chi connectivity index (χ1n) is 4.97. The van der Waals surface area contributed by atoms with Crippen molar-refractivity contribution < 1.29 is 23.5 Å². The van der Waals surface area contributed by atoms with Gasteiger partial charge in [0, 0.05) is 4.47 Å². The number of hydrogen-bond donors (Lipinski definition) is 1. The summed E-state index contributed by atoms with van der Waals surface area (Å²) >= 11 is 3.09. The van der Waals surface area contributed by atoms with Gasteiger partial charge in [-0.1, -0.05) is 15.9 Å². The summed E-state index contributed by atoms with van der Waals surface area (Å²) in [5, 5.41) is 0. The van der Waals surface area contributed by atoms with E-state index in [4.69, 9.17) is 10.5 Å². The van der Waals surface area contributed by atoms with Crippen molar-refractivity contribution in [2.45, 2.75) is 13.0 Å². The minimum absolute atomic E-state index is 0.0816. The van der Waals surface area contributed by atoms with Crippen molar-refractivity contribution in [1.29, 1.82) is 0 Å². The largest absolute Gasteiger partial charge is 0.479 e. The molecule has 1 rings (SSSR count). The number of halogens is 2. The molecule has 0 aliphatic rings. The highest BCUT2D eigenvalue weighted by molar-refractivity contribution is 9.10. The second kappa shape index (κ2) is 6.34.